The van der Waals surface area contributed by atoms with E-state index in [4.69, 9.17) is 42.6 Å². The summed E-state index contributed by atoms with van der Waals surface area (Å²) < 4.78 is 50.9. The van der Waals surface area contributed by atoms with E-state index >= 15 is 0 Å². The molecule has 0 spiro atoms. The molecule has 14 nitrogen and oxygen atoms in total. The molecule has 3 saturated heterocycles. The number of ether oxygens (including phenoxy) is 9. The number of carbonyl (C=O) groups is 1. The van der Waals surface area contributed by atoms with Crippen LogP contribution in [-0.2, 0) is 23.7 Å². The first kappa shape index (κ1) is 31.9. The van der Waals surface area contributed by atoms with Crippen molar-refractivity contribution >= 4 is 5.97 Å². The van der Waals surface area contributed by atoms with E-state index in [2.05, 4.69) is 0 Å². The van der Waals surface area contributed by atoms with Gasteiger partial charge in [0.05, 0.1) is 53.9 Å². The second-order valence-electron chi connectivity index (χ2n) is 10.8. The molecule has 3 aliphatic rings. The predicted octanol–water partition coefficient (Wildman–Crippen LogP) is 1.25. The first-order valence-corrected chi connectivity index (χ1v) is 14.0. The lowest BCUT2D eigenvalue weighted by Crippen LogP contribution is -2.60. The number of rotatable bonds is 10. The standard InChI is InChI=1S/C30H38O14/c1-13(31)40-12-22-24(33)25(34)26(35)30(43-22)44-29-20(38-4)8-15(9-21(29)39-5)28-17-11-41-27(16(17)10-42-28)14-6-18(36-2)23(32)19(7-14)37-3/h6-9,16-17,22,24-28,30,32-35H,10-12H2,1-5H3/t16-,17-,22-,24-,25+,26-,27+,28+,30+/m1/s1. The van der Waals surface area contributed by atoms with Crippen LogP contribution in [0.2, 0.25) is 0 Å². The van der Waals surface area contributed by atoms with Gasteiger partial charge in [-0.3, -0.25) is 4.79 Å². The molecule has 242 valence electrons. The van der Waals surface area contributed by atoms with E-state index in [1.807, 2.05) is 0 Å². The summed E-state index contributed by atoms with van der Waals surface area (Å²) in [6.07, 6.45) is -8.14. The molecule has 9 atom stereocenters. The minimum Gasteiger partial charge on any atom is -0.502 e. The fraction of sp³-hybridized carbons (Fsp3) is 0.567. The molecule has 2 aromatic rings. The van der Waals surface area contributed by atoms with Gasteiger partial charge in [-0.25, -0.2) is 0 Å². The molecule has 0 aliphatic carbocycles. The predicted molar refractivity (Wildman–Crippen MR) is 149 cm³/mol. The van der Waals surface area contributed by atoms with Gasteiger partial charge in [-0.1, -0.05) is 0 Å². The molecule has 3 fully saturated rings. The maximum Gasteiger partial charge on any atom is 0.302 e. The summed E-state index contributed by atoms with van der Waals surface area (Å²) >= 11 is 0. The van der Waals surface area contributed by atoms with Crippen LogP contribution in [0.15, 0.2) is 24.3 Å². The summed E-state index contributed by atoms with van der Waals surface area (Å²) in [5.74, 6) is 0.371. The van der Waals surface area contributed by atoms with Gasteiger partial charge in [0.15, 0.2) is 23.0 Å². The third kappa shape index (κ3) is 5.93. The molecule has 44 heavy (non-hydrogen) atoms. The van der Waals surface area contributed by atoms with E-state index in [1.165, 1.54) is 35.4 Å². The van der Waals surface area contributed by atoms with Crippen molar-refractivity contribution in [2.24, 2.45) is 11.8 Å². The lowest BCUT2D eigenvalue weighted by molar-refractivity contribution is -0.278. The maximum absolute atomic E-state index is 11.3. The van der Waals surface area contributed by atoms with E-state index < -0.39 is 36.7 Å². The number of esters is 1. The van der Waals surface area contributed by atoms with Crippen LogP contribution in [0.3, 0.4) is 0 Å². The van der Waals surface area contributed by atoms with Crippen LogP contribution in [0.5, 0.6) is 34.5 Å². The number of aromatic hydroxyl groups is 1. The Kier molecular flexibility index (Phi) is 9.58. The van der Waals surface area contributed by atoms with Gasteiger partial charge >= 0.3 is 5.97 Å². The number of phenolic OH excluding ortho intramolecular Hbond substituents is 1. The van der Waals surface area contributed by atoms with Crippen molar-refractivity contribution < 1.29 is 67.9 Å². The number of fused-ring (bicyclic) bond motifs is 1. The first-order valence-electron chi connectivity index (χ1n) is 14.0. The van der Waals surface area contributed by atoms with Gasteiger partial charge in [-0.15, -0.1) is 0 Å². The number of methoxy groups -OCH3 is 4. The smallest absolute Gasteiger partial charge is 0.302 e. The van der Waals surface area contributed by atoms with Crippen molar-refractivity contribution in [1.82, 2.24) is 0 Å². The van der Waals surface area contributed by atoms with Crippen LogP contribution in [0, 0.1) is 11.8 Å². The molecule has 4 N–H and O–H groups in total. The van der Waals surface area contributed by atoms with Gasteiger partial charge in [-0.05, 0) is 35.4 Å². The molecule has 5 rings (SSSR count). The third-order valence-corrected chi connectivity index (χ3v) is 8.26. The van der Waals surface area contributed by atoms with Crippen molar-refractivity contribution in [3.05, 3.63) is 35.4 Å². The Bertz CT molecular complexity index is 1280. The number of hydrogen-bond acceptors (Lipinski definition) is 14. The van der Waals surface area contributed by atoms with Crippen LogP contribution in [0.1, 0.15) is 30.3 Å². The Labute approximate surface area is 253 Å². The summed E-state index contributed by atoms with van der Waals surface area (Å²) in [7, 11) is 5.80. The van der Waals surface area contributed by atoms with E-state index in [9.17, 15) is 25.2 Å². The van der Waals surface area contributed by atoms with Gasteiger partial charge in [0.1, 0.15) is 31.0 Å². The Morgan fingerprint density at radius 3 is 1.70 bits per heavy atom. The largest absolute Gasteiger partial charge is 0.502 e. The molecule has 0 saturated carbocycles. The van der Waals surface area contributed by atoms with Crippen LogP contribution < -0.4 is 23.7 Å². The normalized spacial score (nSPS) is 31.2. The molecule has 2 aromatic carbocycles. The molecule has 0 radical (unpaired) electrons. The van der Waals surface area contributed by atoms with Gasteiger partial charge in [0, 0.05) is 18.8 Å². The zero-order chi connectivity index (χ0) is 31.7. The number of benzene rings is 2. The van der Waals surface area contributed by atoms with Crippen molar-refractivity contribution in [3.8, 4) is 34.5 Å². The van der Waals surface area contributed by atoms with E-state index in [-0.39, 0.29) is 65.1 Å². The lowest BCUT2D eigenvalue weighted by Gasteiger charge is -2.40. The van der Waals surface area contributed by atoms with E-state index in [1.54, 1.807) is 24.3 Å². The SMILES string of the molecule is COc1cc([C@@H]2OC[C@@H]3[C@H]2CO[C@H]3c2cc(OC)c(O[C@@H]3O[C@H](COC(C)=O)[C@@H](O)[C@H](O)[C@H]3O)c(OC)c2)cc(OC)c1O. The molecule has 3 aliphatic heterocycles. The monoisotopic (exact) mass is 622 g/mol. The van der Waals surface area contributed by atoms with E-state index in [0.717, 1.165) is 11.1 Å². The zero-order valence-corrected chi connectivity index (χ0v) is 25.0. The van der Waals surface area contributed by atoms with Crippen molar-refractivity contribution in [2.75, 3.05) is 48.3 Å². The summed E-state index contributed by atoms with van der Waals surface area (Å²) in [4.78, 5) is 11.3. The zero-order valence-electron chi connectivity index (χ0n) is 25.0. The molecule has 14 heteroatoms. The highest BCUT2D eigenvalue weighted by molar-refractivity contribution is 5.65. The molecular weight excluding hydrogens is 584 g/mol. The third-order valence-electron chi connectivity index (χ3n) is 8.26. The Morgan fingerprint density at radius 2 is 1.25 bits per heavy atom. The molecular formula is C30H38O14. The first-order chi connectivity index (χ1) is 21.1. The van der Waals surface area contributed by atoms with Crippen molar-refractivity contribution in [3.63, 3.8) is 0 Å². The van der Waals surface area contributed by atoms with Crippen molar-refractivity contribution in [2.45, 2.75) is 49.8 Å². The van der Waals surface area contributed by atoms with Gasteiger partial charge in [-0.2, -0.15) is 0 Å². The fourth-order valence-electron chi connectivity index (χ4n) is 5.96. The number of aliphatic hydroxyl groups excluding tert-OH is 3. The van der Waals surface area contributed by atoms with Gasteiger partial charge in [0.2, 0.25) is 17.8 Å². The molecule has 0 unspecified atom stereocenters. The van der Waals surface area contributed by atoms with Crippen LogP contribution in [0.25, 0.3) is 0 Å². The Hall–Kier alpha value is -3.53. The average molecular weight is 623 g/mol. The number of phenols is 1. The number of hydrogen-bond donors (Lipinski definition) is 4. The van der Waals surface area contributed by atoms with Crippen molar-refractivity contribution in [1.29, 1.82) is 0 Å². The average Bonchev–Trinajstić information content (AvgIpc) is 3.63. The van der Waals surface area contributed by atoms with Crippen LogP contribution >= 0.6 is 0 Å². The van der Waals surface area contributed by atoms with E-state index in [0.29, 0.717) is 13.2 Å². The highest BCUT2D eigenvalue weighted by Gasteiger charge is 2.49. The van der Waals surface area contributed by atoms with Gasteiger partial charge in [0.25, 0.3) is 0 Å². The summed E-state index contributed by atoms with van der Waals surface area (Å²) in [5.41, 5.74) is 1.52. The number of aliphatic hydroxyl groups is 3. The topological polar surface area (TPSA) is 181 Å². The second-order valence-corrected chi connectivity index (χ2v) is 10.8. The second kappa shape index (κ2) is 13.2. The number of carbonyl (C=O) groups excluding carboxylic acids is 1. The minimum absolute atomic E-state index is 0.0141. The molecule has 3 heterocycles. The molecule has 0 amide bonds. The maximum atomic E-state index is 11.3. The summed E-state index contributed by atoms with van der Waals surface area (Å²) in [6, 6.07) is 6.90. The summed E-state index contributed by atoms with van der Waals surface area (Å²) in [6.45, 7) is 1.64. The molecule has 0 aromatic heterocycles. The quantitative estimate of drug-likeness (QED) is 0.278. The van der Waals surface area contributed by atoms with Crippen LogP contribution in [-0.4, -0.2) is 105 Å². The Morgan fingerprint density at radius 1 is 0.773 bits per heavy atom. The summed E-state index contributed by atoms with van der Waals surface area (Å²) in [5, 5.41) is 41.7. The highest BCUT2D eigenvalue weighted by Crippen LogP contribution is 2.53. The lowest BCUT2D eigenvalue weighted by atomic mass is 9.84. The minimum atomic E-state index is -1.64. The Balaban J connectivity index is 1.38. The van der Waals surface area contributed by atoms with Crippen LogP contribution in [0.4, 0.5) is 0 Å². The fourth-order valence-corrected chi connectivity index (χ4v) is 5.96. The molecule has 0 bridgehead atoms. The highest BCUT2D eigenvalue weighted by atomic mass is 16.7. The van der Waals surface area contributed by atoms with Gasteiger partial charge < -0.3 is 63.1 Å².